The third-order valence-corrected chi connectivity index (χ3v) is 3.51. The van der Waals surface area contributed by atoms with E-state index in [0.717, 1.165) is 11.3 Å². The van der Waals surface area contributed by atoms with Crippen LogP contribution in [0.1, 0.15) is 36.5 Å². The van der Waals surface area contributed by atoms with Crippen LogP contribution in [0.25, 0.3) is 0 Å². The molecule has 0 aliphatic heterocycles. The molecule has 23 heavy (non-hydrogen) atoms. The summed E-state index contributed by atoms with van der Waals surface area (Å²) < 4.78 is 0. The van der Waals surface area contributed by atoms with Gasteiger partial charge in [0, 0.05) is 5.69 Å². The zero-order valence-corrected chi connectivity index (χ0v) is 13.8. The van der Waals surface area contributed by atoms with Crippen molar-refractivity contribution in [3.8, 4) is 0 Å². The van der Waals surface area contributed by atoms with E-state index in [1.54, 1.807) is 6.21 Å². The summed E-state index contributed by atoms with van der Waals surface area (Å²) in [7, 11) is 0. The normalized spacial score (nSPS) is 11.0. The van der Waals surface area contributed by atoms with E-state index in [1.165, 1.54) is 11.1 Å². The number of nitrogens with zero attached hydrogens (tertiary/aromatic N) is 1. The lowest BCUT2D eigenvalue weighted by atomic mass is 10.0. The molecule has 0 spiro atoms. The fraction of sp³-hybridized carbons (Fsp3) is 0.263. The summed E-state index contributed by atoms with van der Waals surface area (Å²) in [4.78, 5) is 11.7. The number of hydrogen-bond acceptors (Lipinski definition) is 3. The molecular weight excluding hydrogens is 286 g/mol. The molecule has 0 saturated heterocycles. The maximum Gasteiger partial charge on any atom is 0.259 e. The van der Waals surface area contributed by atoms with Crippen molar-refractivity contribution in [1.82, 2.24) is 5.43 Å². The minimum atomic E-state index is -0.180. The number of rotatable bonds is 6. The molecule has 2 N–H and O–H groups in total. The summed E-state index contributed by atoms with van der Waals surface area (Å²) in [5, 5.41) is 7.03. The van der Waals surface area contributed by atoms with E-state index in [-0.39, 0.29) is 12.5 Å². The fourth-order valence-corrected chi connectivity index (χ4v) is 2.04. The first-order chi connectivity index (χ1) is 11.0. The molecule has 2 rings (SSSR count). The smallest absolute Gasteiger partial charge is 0.259 e. The second-order valence-corrected chi connectivity index (χ2v) is 5.83. The van der Waals surface area contributed by atoms with Crippen LogP contribution in [0.2, 0.25) is 0 Å². The van der Waals surface area contributed by atoms with Gasteiger partial charge in [-0.3, -0.25) is 4.79 Å². The summed E-state index contributed by atoms with van der Waals surface area (Å²) in [6.45, 7) is 6.53. The van der Waals surface area contributed by atoms with Crippen molar-refractivity contribution < 1.29 is 4.79 Å². The molecule has 0 heterocycles. The van der Waals surface area contributed by atoms with E-state index < -0.39 is 0 Å². The van der Waals surface area contributed by atoms with Crippen LogP contribution >= 0.6 is 0 Å². The van der Waals surface area contributed by atoms with Crippen LogP contribution in [0.15, 0.2) is 53.6 Å². The van der Waals surface area contributed by atoms with E-state index in [2.05, 4.69) is 41.8 Å². The third-order valence-electron chi connectivity index (χ3n) is 3.51. The molecule has 0 saturated carbocycles. The van der Waals surface area contributed by atoms with Gasteiger partial charge in [0.25, 0.3) is 5.91 Å². The molecule has 0 aromatic heterocycles. The first-order valence-corrected chi connectivity index (χ1v) is 7.77. The van der Waals surface area contributed by atoms with Gasteiger partial charge in [-0.25, -0.2) is 5.43 Å². The summed E-state index contributed by atoms with van der Waals surface area (Å²) >= 11 is 0. The van der Waals surface area contributed by atoms with Crippen LogP contribution in [0.4, 0.5) is 5.69 Å². The maximum absolute atomic E-state index is 11.7. The highest BCUT2D eigenvalue weighted by Gasteiger charge is 2.00. The Kier molecular flexibility index (Phi) is 5.92. The zero-order chi connectivity index (χ0) is 16.7. The SMILES string of the molecule is Cc1ccc(NCC(=O)N/N=C\c2ccc(C(C)C)cc2)cc1. The summed E-state index contributed by atoms with van der Waals surface area (Å²) in [5.74, 6) is 0.328. The van der Waals surface area contributed by atoms with Gasteiger partial charge in [-0.05, 0) is 36.1 Å². The standard InChI is InChI=1S/C19H23N3O/c1-14(2)17-8-6-16(7-9-17)12-21-22-19(23)13-20-18-10-4-15(3)5-11-18/h4-12,14,20H,13H2,1-3H3,(H,22,23)/b21-12-. The van der Waals surface area contributed by atoms with Crippen molar-refractivity contribution in [2.75, 3.05) is 11.9 Å². The Labute approximate surface area is 137 Å². The number of carbonyl (C=O) groups excluding carboxylic acids is 1. The summed E-state index contributed by atoms with van der Waals surface area (Å²) in [5.41, 5.74) is 6.87. The maximum atomic E-state index is 11.7. The van der Waals surface area contributed by atoms with Gasteiger partial charge in [-0.15, -0.1) is 0 Å². The highest BCUT2D eigenvalue weighted by atomic mass is 16.2. The lowest BCUT2D eigenvalue weighted by Gasteiger charge is -2.06. The predicted octanol–water partition coefficient (Wildman–Crippen LogP) is 3.68. The molecule has 0 fully saturated rings. The molecule has 0 atom stereocenters. The number of carbonyl (C=O) groups is 1. The van der Waals surface area contributed by atoms with Gasteiger partial charge in [0.1, 0.15) is 0 Å². The summed E-state index contributed by atoms with van der Waals surface area (Å²) in [6.07, 6.45) is 1.65. The molecule has 0 unspecified atom stereocenters. The van der Waals surface area contributed by atoms with Crippen LogP contribution in [-0.4, -0.2) is 18.7 Å². The van der Waals surface area contributed by atoms with Crippen molar-refractivity contribution in [1.29, 1.82) is 0 Å². The van der Waals surface area contributed by atoms with E-state index >= 15 is 0 Å². The van der Waals surface area contributed by atoms with E-state index in [4.69, 9.17) is 0 Å². The van der Waals surface area contributed by atoms with Gasteiger partial charge in [0.05, 0.1) is 12.8 Å². The van der Waals surface area contributed by atoms with Gasteiger partial charge >= 0.3 is 0 Å². The fourth-order valence-electron chi connectivity index (χ4n) is 2.04. The first-order valence-electron chi connectivity index (χ1n) is 7.77. The second-order valence-electron chi connectivity index (χ2n) is 5.83. The number of nitrogens with one attached hydrogen (secondary N) is 2. The highest BCUT2D eigenvalue weighted by Crippen LogP contribution is 2.13. The predicted molar refractivity (Wildman–Crippen MR) is 95.9 cm³/mol. The molecule has 0 aliphatic carbocycles. The van der Waals surface area contributed by atoms with Crippen LogP contribution in [0.3, 0.4) is 0 Å². The number of aryl methyl sites for hydroxylation is 1. The molecule has 2 aromatic carbocycles. The number of amides is 1. The van der Waals surface area contributed by atoms with Gasteiger partial charge in [0.15, 0.2) is 0 Å². The van der Waals surface area contributed by atoms with Crippen molar-refractivity contribution in [3.63, 3.8) is 0 Å². The average Bonchev–Trinajstić information content (AvgIpc) is 2.55. The minimum absolute atomic E-state index is 0.180. The largest absolute Gasteiger partial charge is 0.376 e. The van der Waals surface area contributed by atoms with Crippen molar-refractivity contribution >= 4 is 17.8 Å². The minimum Gasteiger partial charge on any atom is -0.376 e. The highest BCUT2D eigenvalue weighted by molar-refractivity contribution is 5.84. The lowest BCUT2D eigenvalue weighted by molar-refractivity contribution is -0.119. The van der Waals surface area contributed by atoms with Crippen LogP contribution < -0.4 is 10.7 Å². The molecular formula is C19H23N3O. The Morgan fingerprint density at radius 2 is 1.74 bits per heavy atom. The lowest BCUT2D eigenvalue weighted by Crippen LogP contribution is -2.25. The monoisotopic (exact) mass is 309 g/mol. The molecule has 120 valence electrons. The Morgan fingerprint density at radius 3 is 2.35 bits per heavy atom. The molecule has 0 radical (unpaired) electrons. The number of benzene rings is 2. The summed E-state index contributed by atoms with van der Waals surface area (Å²) in [6, 6.07) is 16.0. The molecule has 4 heteroatoms. The van der Waals surface area contributed by atoms with Crippen molar-refractivity contribution in [3.05, 3.63) is 65.2 Å². The molecule has 0 aliphatic rings. The Morgan fingerprint density at radius 1 is 1.09 bits per heavy atom. The zero-order valence-electron chi connectivity index (χ0n) is 13.8. The van der Waals surface area contributed by atoms with E-state index in [9.17, 15) is 4.79 Å². The van der Waals surface area contributed by atoms with Gasteiger partial charge in [-0.1, -0.05) is 55.8 Å². The molecule has 2 aromatic rings. The Bertz CT molecular complexity index is 658. The molecule has 1 amide bonds. The van der Waals surface area contributed by atoms with Crippen LogP contribution in [-0.2, 0) is 4.79 Å². The van der Waals surface area contributed by atoms with Gasteiger partial charge < -0.3 is 5.32 Å². The average molecular weight is 309 g/mol. The Balaban J connectivity index is 1.78. The van der Waals surface area contributed by atoms with Crippen LogP contribution in [0, 0.1) is 6.92 Å². The third kappa shape index (κ3) is 5.58. The topological polar surface area (TPSA) is 53.5 Å². The quantitative estimate of drug-likeness (QED) is 0.632. The molecule has 0 bridgehead atoms. The van der Waals surface area contributed by atoms with E-state index in [0.29, 0.717) is 5.92 Å². The van der Waals surface area contributed by atoms with Crippen LogP contribution in [0.5, 0.6) is 0 Å². The molecule has 4 nitrogen and oxygen atoms in total. The number of hydrazone groups is 1. The first kappa shape index (κ1) is 16.7. The van der Waals surface area contributed by atoms with E-state index in [1.807, 2.05) is 43.3 Å². The second kappa shape index (κ2) is 8.13. The Hall–Kier alpha value is -2.62. The van der Waals surface area contributed by atoms with Crippen molar-refractivity contribution in [2.45, 2.75) is 26.7 Å². The number of anilines is 1. The van der Waals surface area contributed by atoms with Gasteiger partial charge in [0.2, 0.25) is 0 Å². The number of hydrogen-bond donors (Lipinski definition) is 2. The van der Waals surface area contributed by atoms with Crippen molar-refractivity contribution in [2.24, 2.45) is 5.10 Å². The van der Waals surface area contributed by atoms with Gasteiger partial charge in [-0.2, -0.15) is 5.10 Å².